The van der Waals surface area contributed by atoms with Crippen LogP contribution in [0.15, 0.2) is 30.5 Å². The molecule has 1 saturated heterocycles. The Morgan fingerprint density at radius 2 is 2.29 bits per heavy atom. The van der Waals surface area contributed by atoms with Crippen molar-refractivity contribution in [1.82, 2.24) is 24.3 Å². The summed E-state index contributed by atoms with van der Waals surface area (Å²) in [7, 11) is 1.67. The summed E-state index contributed by atoms with van der Waals surface area (Å²) in [6, 6.07) is 8.09. The van der Waals surface area contributed by atoms with Gasteiger partial charge in [0.2, 0.25) is 0 Å². The molecule has 1 aliphatic heterocycles. The second-order valence-corrected chi connectivity index (χ2v) is 6.63. The third-order valence-corrected chi connectivity index (χ3v) is 5.15. The molecule has 1 aromatic carbocycles. The van der Waals surface area contributed by atoms with E-state index in [2.05, 4.69) is 14.7 Å². The van der Waals surface area contributed by atoms with Crippen LogP contribution < -0.4 is 0 Å². The first kappa shape index (κ1) is 15.2. The van der Waals surface area contributed by atoms with Crippen molar-refractivity contribution in [2.75, 3.05) is 20.2 Å². The Morgan fingerprint density at radius 3 is 3.12 bits per heavy atom. The van der Waals surface area contributed by atoms with Crippen molar-refractivity contribution in [3.63, 3.8) is 0 Å². The Bertz CT molecular complexity index is 874. The second kappa shape index (κ2) is 6.29. The van der Waals surface area contributed by atoms with Gasteiger partial charge in [-0.2, -0.15) is 4.37 Å². The molecule has 0 N–H and O–H groups in total. The average molecular weight is 343 g/mol. The number of nitrogens with zero attached hydrogens (tertiary/aromatic N) is 5. The van der Waals surface area contributed by atoms with Crippen molar-refractivity contribution in [3.8, 4) is 0 Å². The lowest BCUT2D eigenvalue weighted by atomic mass is 10.2. The first-order valence-corrected chi connectivity index (χ1v) is 8.57. The highest BCUT2D eigenvalue weighted by molar-refractivity contribution is 7.13. The van der Waals surface area contributed by atoms with Crippen LogP contribution in [0.3, 0.4) is 0 Å². The molecule has 124 valence electrons. The van der Waals surface area contributed by atoms with Crippen molar-refractivity contribution >= 4 is 27.5 Å². The molecule has 0 radical (unpaired) electrons. The summed E-state index contributed by atoms with van der Waals surface area (Å²) in [5.41, 5.74) is 1.31. The summed E-state index contributed by atoms with van der Waals surface area (Å²) >= 11 is 1.47. The zero-order valence-electron chi connectivity index (χ0n) is 13.3. The summed E-state index contributed by atoms with van der Waals surface area (Å²) in [5.74, 6) is -0.0936. The largest absolute Gasteiger partial charge is 0.380 e. The molecule has 0 spiro atoms. The van der Waals surface area contributed by atoms with Gasteiger partial charge in [0.1, 0.15) is 0 Å². The zero-order chi connectivity index (χ0) is 16.5. The third kappa shape index (κ3) is 2.78. The van der Waals surface area contributed by atoms with Gasteiger partial charge in [-0.05, 0) is 24.0 Å². The van der Waals surface area contributed by atoms with Crippen molar-refractivity contribution < 1.29 is 9.53 Å². The summed E-state index contributed by atoms with van der Waals surface area (Å²) in [4.78, 5) is 14.2. The maximum Gasteiger partial charge on any atom is 0.276 e. The van der Waals surface area contributed by atoms with E-state index in [9.17, 15) is 4.79 Å². The molecular formula is C16H17N5O2S. The summed E-state index contributed by atoms with van der Waals surface area (Å²) in [5, 5.41) is 9.23. The predicted octanol–water partition coefficient (Wildman–Crippen LogP) is 1.80. The van der Waals surface area contributed by atoms with Crippen LogP contribution in [0.1, 0.15) is 22.6 Å². The van der Waals surface area contributed by atoms with Crippen LogP contribution in [-0.2, 0) is 11.3 Å². The maximum absolute atomic E-state index is 12.5. The monoisotopic (exact) mass is 343 g/mol. The van der Waals surface area contributed by atoms with Crippen molar-refractivity contribution in [1.29, 1.82) is 0 Å². The van der Waals surface area contributed by atoms with E-state index >= 15 is 0 Å². The van der Waals surface area contributed by atoms with Crippen LogP contribution in [0.4, 0.5) is 0 Å². The van der Waals surface area contributed by atoms with Gasteiger partial charge in [0.15, 0.2) is 5.69 Å². The normalized spacial score (nSPS) is 17.7. The Hall–Kier alpha value is -2.32. The number of hydrogen-bond donors (Lipinski definition) is 0. The Kier molecular flexibility index (Phi) is 3.99. The smallest absolute Gasteiger partial charge is 0.276 e. The number of benzene rings is 1. The molecular weight excluding hydrogens is 326 g/mol. The highest BCUT2D eigenvalue weighted by Gasteiger charge is 2.28. The highest BCUT2D eigenvalue weighted by atomic mass is 32.1. The number of fused-ring (bicyclic) bond motifs is 1. The van der Waals surface area contributed by atoms with Crippen molar-refractivity contribution in [2.45, 2.75) is 19.1 Å². The predicted molar refractivity (Wildman–Crippen MR) is 90.1 cm³/mol. The molecule has 7 nitrogen and oxygen atoms in total. The number of carbonyl (C=O) groups is 1. The standard InChI is InChI=1S/C16H17N5O2S/c1-23-11-6-7-20(8-11)16(22)14-10-21(19-17-14)9-13-12-4-2-3-5-15(12)24-18-13/h2-5,10-11H,6-9H2,1H3. The molecule has 24 heavy (non-hydrogen) atoms. The minimum Gasteiger partial charge on any atom is -0.380 e. The molecule has 1 amide bonds. The lowest BCUT2D eigenvalue weighted by Gasteiger charge is -2.13. The van der Waals surface area contributed by atoms with Gasteiger partial charge < -0.3 is 9.64 Å². The fourth-order valence-corrected chi connectivity index (χ4v) is 3.73. The molecule has 0 saturated carbocycles. The minimum absolute atomic E-state index is 0.0936. The van der Waals surface area contributed by atoms with E-state index in [4.69, 9.17) is 4.74 Å². The Labute approximate surface area is 143 Å². The maximum atomic E-state index is 12.5. The van der Waals surface area contributed by atoms with E-state index in [-0.39, 0.29) is 12.0 Å². The van der Waals surface area contributed by atoms with Crippen LogP contribution in [-0.4, -0.2) is 56.5 Å². The Morgan fingerprint density at radius 1 is 1.42 bits per heavy atom. The van der Waals surface area contributed by atoms with Crippen molar-refractivity contribution in [3.05, 3.63) is 41.9 Å². The molecule has 8 heteroatoms. The van der Waals surface area contributed by atoms with E-state index in [1.54, 1.807) is 22.9 Å². The van der Waals surface area contributed by atoms with Gasteiger partial charge in [0.25, 0.3) is 5.91 Å². The van der Waals surface area contributed by atoms with Crippen LogP contribution >= 0.6 is 11.5 Å². The summed E-state index contributed by atoms with van der Waals surface area (Å²) in [6.45, 7) is 1.81. The number of methoxy groups -OCH3 is 1. The molecule has 3 aromatic rings. The minimum atomic E-state index is -0.0936. The number of likely N-dealkylation sites (tertiary alicyclic amines) is 1. The lowest BCUT2D eigenvalue weighted by molar-refractivity contribution is 0.0719. The van der Waals surface area contributed by atoms with Crippen molar-refractivity contribution in [2.24, 2.45) is 0 Å². The molecule has 1 fully saturated rings. The van der Waals surface area contributed by atoms with Crippen LogP contribution in [0, 0.1) is 0 Å². The summed E-state index contributed by atoms with van der Waals surface area (Å²) < 4.78 is 12.6. The van der Waals surface area contributed by atoms with Gasteiger partial charge in [0, 0.05) is 25.6 Å². The van der Waals surface area contributed by atoms with E-state index in [0.717, 1.165) is 22.2 Å². The molecule has 1 unspecified atom stereocenters. The zero-order valence-corrected chi connectivity index (χ0v) is 14.1. The fraction of sp³-hybridized carbons (Fsp3) is 0.375. The molecule has 3 heterocycles. The number of ether oxygens (including phenoxy) is 1. The number of amides is 1. The van der Waals surface area contributed by atoms with Gasteiger partial charge in [-0.25, -0.2) is 4.68 Å². The van der Waals surface area contributed by atoms with E-state index in [1.165, 1.54) is 11.5 Å². The van der Waals surface area contributed by atoms with E-state index < -0.39 is 0 Å². The molecule has 0 aliphatic carbocycles. The molecule has 0 bridgehead atoms. The van der Waals surface area contributed by atoms with Crippen LogP contribution in [0.25, 0.3) is 10.1 Å². The van der Waals surface area contributed by atoms with Crippen LogP contribution in [0.5, 0.6) is 0 Å². The summed E-state index contributed by atoms with van der Waals surface area (Å²) in [6.07, 6.45) is 2.67. The van der Waals surface area contributed by atoms with Gasteiger partial charge in [-0.3, -0.25) is 4.79 Å². The van der Waals surface area contributed by atoms with Crippen LogP contribution in [0.2, 0.25) is 0 Å². The number of rotatable bonds is 4. The van der Waals surface area contributed by atoms with E-state index in [1.807, 2.05) is 24.3 Å². The van der Waals surface area contributed by atoms with Gasteiger partial charge in [0.05, 0.1) is 29.2 Å². The van der Waals surface area contributed by atoms with Gasteiger partial charge in [-0.1, -0.05) is 23.4 Å². The quantitative estimate of drug-likeness (QED) is 0.722. The SMILES string of the molecule is COC1CCN(C(=O)c2cn(Cc3nsc4ccccc34)nn2)C1. The molecule has 1 atom stereocenters. The first-order valence-electron chi connectivity index (χ1n) is 7.80. The molecule has 2 aromatic heterocycles. The fourth-order valence-electron chi connectivity index (χ4n) is 2.95. The number of hydrogen-bond acceptors (Lipinski definition) is 6. The average Bonchev–Trinajstić information content (AvgIpc) is 3.34. The van der Waals surface area contributed by atoms with Gasteiger partial charge in [-0.15, -0.1) is 5.10 Å². The molecule has 1 aliphatic rings. The van der Waals surface area contributed by atoms with Gasteiger partial charge >= 0.3 is 0 Å². The second-order valence-electron chi connectivity index (χ2n) is 5.82. The molecule has 4 rings (SSSR count). The highest BCUT2D eigenvalue weighted by Crippen LogP contribution is 2.22. The number of aromatic nitrogens is 4. The first-order chi connectivity index (χ1) is 11.7. The van der Waals surface area contributed by atoms with E-state index in [0.29, 0.717) is 25.3 Å². The number of carbonyl (C=O) groups excluding carboxylic acids is 1. The Balaban J connectivity index is 1.50. The lowest BCUT2D eigenvalue weighted by Crippen LogP contribution is -2.30. The third-order valence-electron chi connectivity index (χ3n) is 4.29. The topological polar surface area (TPSA) is 73.1 Å².